The first-order valence-electron chi connectivity index (χ1n) is 8.15. The van der Waals surface area contributed by atoms with Crippen molar-refractivity contribution in [2.24, 2.45) is 16.7 Å². The van der Waals surface area contributed by atoms with Gasteiger partial charge in [0.25, 0.3) is 0 Å². The molecule has 0 aromatic heterocycles. The van der Waals surface area contributed by atoms with Gasteiger partial charge in [0.05, 0.1) is 0 Å². The van der Waals surface area contributed by atoms with Gasteiger partial charge in [0, 0.05) is 0 Å². The molecule has 0 heterocycles. The molecule has 3 atom stereocenters. The minimum Gasteiger partial charge on any atom is -0.103 e. The van der Waals surface area contributed by atoms with Gasteiger partial charge in [-0.05, 0) is 42.4 Å². The van der Waals surface area contributed by atoms with Crippen LogP contribution in [0.25, 0.3) is 0 Å². The lowest BCUT2D eigenvalue weighted by molar-refractivity contribution is 0.151. The van der Waals surface area contributed by atoms with Gasteiger partial charge in [0.1, 0.15) is 0 Å². The molecule has 0 aromatic carbocycles. The van der Waals surface area contributed by atoms with E-state index < -0.39 is 0 Å². The molecule has 0 N–H and O–H groups in total. The fourth-order valence-electron chi connectivity index (χ4n) is 3.82. The van der Waals surface area contributed by atoms with Crippen molar-refractivity contribution in [3.05, 3.63) is 12.7 Å². The number of unbranched alkanes of at least 4 members (excludes halogenated alkanes) is 2. The first-order chi connectivity index (χ1) is 8.52. The van der Waals surface area contributed by atoms with Crippen LogP contribution in [0.15, 0.2) is 12.7 Å². The van der Waals surface area contributed by atoms with Crippen LogP contribution in [-0.2, 0) is 0 Å². The van der Waals surface area contributed by atoms with Crippen LogP contribution >= 0.6 is 0 Å². The van der Waals surface area contributed by atoms with Gasteiger partial charge in [-0.15, -0.1) is 6.58 Å². The quantitative estimate of drug-likeness (QED) is 0.292. The van der Waals surface area contributed by atoms with Gasteiger partial charge in [-0.25, -0.2) is 0 Å². The van der Waals surface area contributed by atoms with Crippen LogP contribution in [0.3, 0.4) is 0 Å². The molecule has 0 spiro atoms. The molecule has 3 unspecified atom stereocenters. The predicted octanol–water partition coefficient (Wildman–Crippen LogP) is 6.37. The summed E-state index contributed by atoms with van der Waals surface area (Å²) in [6.45, 7) is 13.8. The zero-order valence-corrected chi connectivity index (χ0v) is 13.2. The van der Waals surface area contributed by atoms with Gasteiger partial charge in [0.2, 0.25) is 0 Å². The van der Waals surface area contributed by atoms with Crippen molar-refractivity contribution in [1.29, 1.82) is 0 Å². The Bertz CT molecular complexity index is 251. The first-order valence-corrected chi connectivity index (χ1v) is 8.15. The van der Waals surface area contributed by atoms with Crippen LogP contribution < -0.4 is 0 Å². The summed E-state index contributed by atoms with van der Waals surface area (Å²) in [6.07, 6.45) is 14.7. The summed E-state index contributed by atoms with van der Waals surface area (Å²) in [5.74, 6) is 0.838. The molecular weight excluding hydrogens is 216 g/mol. The maximum absolute atomic E-state index is 4.18. The van der Waals surface area contributed by atoms with Crippen LogP contribution in [0.2, 0.25) is 0 Å². The lowest BCUT2D eigenvalue weighted by atomic mass is 9.68. The highest BCUT2D eigenvalue weighted by Crippen LogP contribution is 2.50. The Morgan fingerprint density at radius 3 is 2.50 bits per heavy atom. The third-order valence-corrected chi connectivity index (χ3v) is 5.84. The molecule has 1 aliphatic rings. The van der Waals surface area contributed by atoms with Gasteiger partial charge < -0.3 is 0 Å². The third-order valence-electron chi connectivity index (χ3n) is 5.84. The highest BCUT2D eigenvalue weighted by atomic mass is 14.4. The molecule has 1 saturated carbocycles. The number of hydrogen-bond donors (Lipinski definition) is 0. The SMILES string of the molecule is C=CC1(CCCCC)CCCC(C)(CC)C(C)C1. The first kappa shape index (κ1) is 15.8. The molecule has 0 aliphatic heterocycles. The summed E-state index contributed by atoms with van der Waals surface area (Å²) in [5.41, 5.74) is 1.01. The van der Waals surface area contributed by atoms with Gasteiger partial charge in [-0.1, -0.05) is 65.9 Å². The van der Waals surface area contributed by atoms with E-state index in [1.165, 1.54) is 57.8 Å². The van der Waals surface area contributed by atoms with Crippen molar-refractivity contribution >= 4 is 0 Å². The molecule has 1 fully saturated rings. The molecule has 0 radical (unpaired) electrons. The van der Waals surface area contributed by atoms with Crippen molar-refractivity contribution in [3.63, 3.8) is 0 Å². The van der Waals surface area contributed by atoms with Crippen LogP contribution in [0.1, 0.15) is 85.5 Å². The zero-order chi connectivity index (χ0) is 13.6. The van der Waals surface area contributed by atoms with Crippen molar-refractivity contribution in [1.82, 2.24) is 0 Å². The standard InChI is InChI=1S/C18H34/c1-6-9-10-13-18(8-3)14-11-12-17(5,7-2)16(4)15-18/h8,16H,3,6-7,9-15H2,1-2,4-5H3. The van der Waals surface area contributed by atoms with Crippen LogP contribution in [0.4, 0.5) is 0 Å². The highest BCUT2D eigenvalue weighted by molar-refractivity contribution is 5.00. The minimum absolute atomic E-state index is 0.446. The molecule has 0 heteroatoms. The molecule has 1 rings (SSSR count). The maximum atomic E-state index is 4.18. The molecule has 106 valence electrons. The Balaban J connectivity index is 2.72. The van der Waals surface area contributed by atoms with E-state index in [0.717, 1.165) is 5.92 Å². The Morgan fingerprint density at radius 1 is 1.22 bits per heavy atom. The van der Waals surface area contributed by atoms with E-state index in [4.69, 9.17) is 0 Å². The van der Waals surface area contributed by atoms with Crippen molar-refractivity contribution in [3.8, 4) is 0 Å². The van der Waals surface area contributed by atoms with Crippen molar-refractivity contribution in [2.45, 2.75) is 85.5 Å². The van der Waals surface area contributed by atoms with Gasteiger partial charge in [0.15, 0.2) is 0 Å². The highest BCUT2D eigenvalue weighted by Gasteiger charge is 2.39. The topological polar surface area (TPSA) is 0 Å². The summed E-state index contributed by atoms with van der Waals surface area (Å²) in [4.78, 5) is 0. The average molecular weight is 250 g/mol. The van der Waals surface area contributed by atoms with Crippen LogP contribution in [-0.4, -0.2) is 0 Å². The summed E-state index contributed by atoms with van der Waals surface area (Å²) >= 11 is 0. The fourth-order valence-corrected chi connectivity index (χ4v) is 3.82. The number of hydrogen-bond acceptors (Lipinski definition) is 0. The van der Waals surface area contributed by atoms with Gasteiger partial charge in [-0.2, -0.15) is 0 Å². The zero-order valence-electron chi connectivity index (χ0n) is 13.2. The van der Waals surface area contributed by atoms with Gasteiger partial charge >= 0.3 is 0 Å². The van der Waals surface area contributed by atoms with Gasteiger partial charge in [-0.3, -0.25) is 0 Å². The monoisotopic (exact) mass is 250 g/mol. The summed E-state index contributed by atoms with van der Waals surface area (Å²) in [6, 6.07) is 0. The summed E-state index contributed by atoms with van der Waals surface area (Å²) in [5, 5.41) is 0. The Labute approximate surface area is 115 Å². The van der Waals surface area contributed by atoms with E-state index in [1.54, 1.807) is 0 Å². The lowest BCUT2D eigenvalue weighted by Crippen LogP contribution is -2.27. The molecule has 0 saturated heterocycles. The van der Waals surface area contributed by atoms with E-state index in [-0.39, 0.29) is 0 Å². The number of rotatable bonds is 6. The molecule has 0 bridgehead atoms. The smallest absolute Gasteiger partial charge is 0.0118 e. The van der Waals surface area contributed by atoms with Crippen LogP contribution in [0.5, 0.6) is 0 Å². The summed E-state index contributed by atoms with van der Waals surface area (Å²) in [7, 11) is 0. The molecular formula is C18H34. The minimum atomic E-state index is 0.446. The van der Waals surface area contributed by atoms with E-state index in [9.17, 15) is 0 Å². The predicted molar refractivity (Wildman–Crippen MR) is 82.8 cm³/mol. The maximum Gasteiger partial charge on any atom is -0.0118 e. The second kappa shape index (κ2) is 6.78. The fraction of sp³-hybridized carbons (Fsp3) is 0.889. The molecule has 1 aliphatic carbocycles. The largest absolute Gasteiger partial charge is 0.103 e. The van der Waals surface area contributed by atoms with Crippen molar-refractivity contribution < 1.29 is 0 Å². The Hall–Kier alpha value is -0.260. The molecule has 18 heavy (non-hydrogen) atoms. The summed E-state index contributed by atoms with van der Waals surface area (Å²) < 4.78 is 0. The Morgan fingerprint density at radius 2 is 1.94 bits per heavy atom. The van der Waals surface area contributed by atoms with E-state index in [0.29, 0.717) is 10.8 Å². The second-order valence-corrected chi connectivity index (χ2v) is 6.99. The third kappa shape index (κ3) is 3.62. The molecule has 0 aromatic rings. The lowest BCUT2D eigenvalue weighted by Gasteiger charge is -2.37. The normalized spacial score (nSPS) is 37.2. The molecule has 0 nitrogen and oxygen atoms in total. The van der Waals surface area contributed by atoms with E-state index in [1.807, 2.05) is 0 Å². The van der Waals surface area contributed by atoms with Crippen molar-refractivity contribution in [2.75, 3.05) is 0 Å². The second-order valence-electron chi connectivity index (χ2n) is 6.99. The number of allylic oxidation sites excluding steroid dienone is 1. The molecule has 0 amide bonds. The average Bonchev–Trinajstić information content (AvgIpc) is 2.49. The van der Waals surface area contributed by atoms with E-state index >= 15 is 0 Å². The van der Waals surface area contributed by atoms with Crippen LogP contribution in [0, 0.1) is 16.7 Å². The van der Waals surface area contributed by atoms with E-state index in [2.05, 4.69) is 40.3 Å². The Kier molecular flexibility index (Phi) is 5.95.